The number of carbonyl (C=O) groups is 2. The van der Waals surface area contributed by atoms with Crippen LogP contribution in [-0.2, 0) is 22.6 Å². The predicted molar refractivity (Wildman–Crippen MR) is 124 cm³/mol. The molecule has 0 bridgehead atoms. The Labute approximate surface area is 186 Å². The zero-order valence-corrected chi connectivity index (χ0v) is 17.9. The van der Waals surface area contributed by atoms with Gasteiger partial charge in [-0.25, -0.2) is 0 Å². The number of para-hydroxylation sites is 1. The number of hydrogen-bond donors (Lipinski definition) is 2. The van der Waals surface area contributed by atoms with Gasteiger partial charge < -0.3 is 19.9 Å². The summed E-state index contributed by atoms with van der Waals surface area (Å²) >= 11 is 0. The summed E-state index contributed by atoms with van der Waals surface area (Å²) in [5, 5.41) is 6.15. The molecule has 1 aliphatic heterocycles. The van der Waals surface area contributed by atoms with Gasteiger partial charge in [0, 0.05) is 48.6 Å². The lowest BCUT2D eigenvalue weighted by Crippen LogP contribution is -2.45. The van der Waals surface area contributed by atoms with Gasteiger partial charge in [0.1, 0.15) is 11.8 Å². The second-order valence-corrected chi connectivity index (χ2v) is 8.16. The molecule has 0 spiro atoms. The minimum Gasteiger partial charge on any atom is -0.496 e. The smallest absolute Gasteiger partial charge is 0.245 e. The minimum atomic E-state index is -0.606. The maximum atomic E-state index is 13.6. The maximum absolute atomic E-state index is 13.6. The van der Waals surface area contributed by atoms with Crippen molar-refractivity contribution in [1.29, 1.82) is 0 Å². The summed E-state index contributed by atoms with van der Waals surface area (Å²) in [4.78, 5) is 31.0. The monoisotopic (exact) mass is 427 g/mol. The molecule has 1 saturated heterocycles. The number of methoxy groups -OCH3 is 1. The Morgan fingerprint density at radius 2 is 1.78 bits per heavy atom. The van der Waals surface area contributed by atoms with E-state index >= 15 is 0 Å². The molecule has 0 aliphatic carbocycles. The lowest BCUT2D eigenvalue weighted by molar-refractivity contribution is -0.134. The normalized spacial score (nSPS) is 16.9. The van der Waals surface area contributed by atoms with Gasteiger partial charge in [-0.1, -0.05) is 48.5 Å². The fourth-order valence-electron chi connectivity index (χ4n) is 4.57. The number of aromatic amines is 1. The molecule has 2 heterocycles. The van der Waals surface area contributed by atoms with Crippen molar-refractivity contribution in [3.8, 4) is 5.75 Å². The molecule has 0 saturated carbocycles. The predicted octanol–water partition coefficient (Wildman–Crippen LogP) is 3.79. The van der Waals surface area contributed by atoms with Crippen LogP contribution < -0.4 is 10.1 Å². The molecule has 5 rings (SSSR count). The summed E-state index contributed by atoms with van der Waals surface area (Å²) in [6.07, 6.45) is 2.65. The van der Waals surface area contributed by atoms with Crippen molar-refractivity contribution in [1.82, 2.24) is 15.2 Å². The Kier molecular flexibility index (Phi) is 5.27. The van der Waals surface area contributed by atoms with Crippen LogP contribution in [0.2, 0.25) is 0 Å². The SMILES string of the molecule is COc1ccc2ccccc2c1CN1CCC(=O)N[C@@H](Cc2c[nH]c3ccccc23)C1=O. The number of nitrogens with one attached hydrogen (secondary N) is 2. The van der Waals surface area contributed by atoms with Gasteiger partial charge >= 0.3 is 0 Å². The third-order valence-electron chi connectivity index (χ3n) is 6.22. The van der Waals surface area contributed by atoms with Crippen LogP contribution in [0.3, 0.4) is 0 Å². The summed E-state index contributed by atoms with van der Waals surface area (Å²) in [5.41, 5.74) is 3.00. The van der Waals surface area contributed by atoms with Gasteiger partial charge in [-0.3, -0.25) is 9.59 Å². The van der Waals surface area contributed by atoms with E-state index in [0.29, 0.717) is 19.5 Å². The van der Waals surface area contributed by atoms with Crippen LogP contribution in [0, 0.1) is 0 Å². The molecule has 1 aromatic heterocycles. The van der Waals surface area contributed by atoms with Crippen molar-refractivity contribution in [3.63, 3.8) is 0 Å². The van der Waals surface area contributed by atoms with Gasteiger partial charge in [0.15, 0.2) is 0 Å². The molecule has 6 nitrogen and oxygen atoms in total. The third kappa shape index (κ3) is 3.68. The molecule has 2 N–H and O–H groups in total. The summed E-state index contributed by atoms with van der Waals surface area (Å²) in [6.45, 7) is 0.768. The first kappa shape index (κ1) is 20.1. The number of carbonyl (C=O) groups excluding carboxylic acids is 2. The summed E-state index contributed by atoms with van der Waals surface area (Å²) in [6, 6.07) is 19.4. The van der Waals surface area contributed by atoms with E-state index in [9.17, 15) is 9.59 Å². The van der Waals surface area contributed by atoms with Crippen molar-refractivity contribution < 1.29 is 14.3 Å². The molecule has 3 aromatic carbocycles. The van der Waals surface area contributed by atoms with E-state index < -0.39 is 6.04 Å². The molecule has 1 aliphatic rings. The topological polar surface area (TPSA) is 74.4 Å². The molecule has 0 unspecified atom stereocenters. The van der Waals surface area contributed by atoms with E-state index in [1.807, 2.05) is 66.9 Å². The number of aromatic nitrogens is 1. The molecule has 2 amide bonds. The van der Waals surface area contributed by atoms with Crippen LogP contribution >= 0.6 is 0 Å². The van der Waals surface area contributed by atoms with Crippen molar-refractivity contribution in [2.45, 2.75) is 25.4 Å². The second-order valence-electron chi connectivity index (χ2n) is 8.16. The Morgan fingerprint density at radius 3 is 2.62 bits per heavy atom. The van der Waals surface area contributed by atoms with E-state index in [0.717, 1.165) is 38.6 Å². The average Bonchev–Trinajstić information content (AvgIpc) is 3.17. The zero-order valence-electron chi connectivity index (χ0n) is 17.9. The van der Waals surface area contributed by atoms with Crippen LogP contribution in [0.15, 0.2) is 66.9 Å². The number of hydrogen-bond acceptors (Lipinski definition) is 3. The first-order valence-electron chi connectivity index (χ1n) is 10.8. The fourth-order valence-corrected chi connectivity index (χ4v) is 4.57. The number of amides is 2. The van der Waals surface area contributed by atoms with E-state index in [-0.39, 0.29) is 18.2 Å². The van der Waals surface area contributed by atoms with Gasteiger partial charge in [0.05, 0.1) is 7.11 Å². The highest BCUT2D eigenvalue weighted by molar-refractivity contribution is 5.92. The van der Waals surface area contributed by atoms with Gasteiger partial charge in [-0.2, -0.15) is 0 Å². The van der Waals surface area contributed by atoms with Gasteiger partial charge in [0.2, 0.25) is 11.8 Å². The lowest BCUT2D eigenvalue weighted by atomic mass is 10.0. The summed E-state index contributed by atoms with van der Waals surface area (Å²) in [5.74, 6) is 0.569. The number of rotatable bonds is 5. The minimum absolute atomic E-state index is 0.0730. The van der Waals surface area contributed by atoms with Crippen LogP contribution in [0.4, 0.5) is 0 Å². The second kappa shape index (κ2) is 8.38. The molecule has 1 fully saturated rings. The number of ether oxygens (including phenoxy) is 1. The highest BCUT2D eigenvalue weighted by Gasteiger charge is 2.31. The Bertz CT molecular complexity index is 1310. The number of nitrogens with zero attached hydrogens (tertiary/aromatic N) is 1. The largest absolute Gasteiger partial charge is 0.496 e. The Morgan fingerprint density at radius 1 is 1.00 bits per heavy atom. The highest BCUT2D eigenvalue weighted by atomic mass is 16.5. The van der Waals surface area contributed by atoms with Crippen molar-refractivity contribution in [2.24, 2.45) is 0 Å². The van der Waals surface area contributed by atoms with E-state index in [4.69, 9.17) is 4.74 Å². The van der Waals surface area contributed by atoms with E-state index in [1.54, 1.807) is 12.0 Å². The number of H-pyrrole nitrogens is 1. The first-order valence-corrected chi connectivity index (χ1v) is 10.8. The Hall–Kier alpha value is -3.80. The van der Waals surface area contributed by atoms with Crippen molar-refractivity contribution in [2.75, 3.05) is 13.7 Å². The van der Waals surface area contributed by atoms with Crippen LogP contribution in [0.25, 0.3) is 21.7 Å². The molecular weight excluding hydrogens is 402 g/mol. The number of fused-ring (bicyclic) bond motifs is 2. The van der Waals surface area contributed by atoms with Crippen LogP contribution in [-0.4, -0.2) is 41.4 Å². The quantitative estimate of drug-likeness (QED) is 0.509. The van der Waals surface area contributed by atoms with Gasteiger partial charge in [-0.05, 0) is 28.5 Å². The maximum Gasteiger partial charge on any atom is 0.245 e. The zero-order chi connectivity index (χ0) is 22.1. The molecule has 32 heavy (non-hydrogen) atoms. The Balaban J connectivity index is 1.47. The highest BCUT2D eigenvalue weighted by Crippen LogP contribution is 2.30. The van der Waals surface area contributed by atoms with Crippen molar-refractivity contribution in [3.05, 3.63) is 78.0 Å². The molecular formula is C26H25N3O3. The number of benzene rings is 3. The van der Waals surface area contributed by atoms with Gasteiger partial charge in [-0.15, -0.1) is 0 Å². The average molecular weight is 428 g/mol. The van der Waals surface area contributed by atoms with Crippen LogP contribution in [0.5, 0.6) is 5.75 Å². The molecule has 162 valence electrons. The summed E-state index contributed by atoms with van der Waals surface area (Å²) < 4.78 is 5.62. The summed E-state index contributed by atoms with van der Waals surface area (Å²) in [7, 11) is 1.64. The van der Waals surface area contributed by atoms with E-state index in [2.05, 4.69) is 10.3 Å². The molecule has 6 heteroatoms. The molecule has 1 atom stereocenters. The lowest BCUT2D eigenvalue weighted by Gasteiger charge is -2.25. The first-order chi connectivity index (χ1) is 15.6. The van der Waals surface area contributed by atoms with Crippen molar-refractivity contribution >= 4 is 33.5 Å². The van der Waals surface area contributed by atoms with Crippen LogP contribution in [0.1, 0.15) is 17.5 Å². The third-order valence-corrected chi connectivity index (χ3v) is 6.22. The standard InChI is InChI=1S/C26H25N3O3/c1-32-24-11-10-17-6-2-3-7-19(17)21(24)16-29-13-12-25(30)28-23(26(29)31)14-18-15-27-22-9-5-4-8-20(18)22/h2-11,15,23,27H,12-14,16H2,1H3,(H,28,30)/t23-/m0/s1. The fraction of sp³-hybridized carbons (Fsp3) is 0.231. The van der Waals surface area contributed by atoms with Gasteiger partial charge in [0.25, 0.3) is 0 Å². The van der Waals surface area contributed by atoms with E-state index in [1.165, 1.54) is 0 Å². The molecule has 0 radical (unpaired) electrons. The molecule has 4 aromatic rings.